The van der Waals surface area contributed by atoms with Gasteiger partial charge in [0.05, 0.1) is 18.2 Å². The minimum atomic E-state index is -0.520. The maximum atomic E-state index is 12.3. The fourth-order valence-electron chi connectivity index (χ4n) is 2.18. The van der Waals surface area contributed by atoms with E-state index < -0.39 is 5.97 Å². The molecule has 1 heterocycles. The lowest BCUT2D eigenvalue weighted by molar-refractivity contribution is 0.0600. The van der Waals surface area contributed by atoms with Crippen molar-refractivity contribution in [2.45, 2.75) is 0 Å². The highest BCUT2D eigenvalue weighted by atomic mass is 16.5. The maximum Gasteiger partial charge on any atom is 0.337 e. The lowest BCUT2D eigenvalue weighted by atomic mass is 10.1. The van der Waals surface area contributed by atoms with Crippen molar-refractivity contribution in [2.75, 3.05) is 7.11 Å². The first-order valence-corrected chi connectivity index (χ1v) is 6.55. The number of hydrogen-bond acceptors (Lipinski definition) is 5. The first-order chi connectivity index (χ1) is 10.6. The Morgan fingerprint density at radius 2 is 2.00 bits per heavy atom. The number of ketones is 1. The van der Waals surface area contributed by atoms with Crippen LogP contribution < -0.4 is 4.74 Å². The molecular weight excluding hydrogens is 284 g/mol. The largest absolute Gasteiger partial charge is 0.507 e. The monoisotopic (exact) mass is 296 g/mol. The highest BCUT2D eigenvalue weighted by molar-refractivity contribution is 6.15. The lowest BCUT2D eigenvalue weighted by Gasteiger charge is -2.01. The van der Waals surface area contributed by atoms with Gasteiger partial charge in [-0.05, 0) is 30.3 Å². The molecule has 5 nitrogen and oxygen atoms in total. The van der Waals surface area contributed by atoms with Crippen LogP contribution in [0.2, 0.25) is 0 Å². The fraction of sp³-hybridized carbons (Fsp3) is 0.0588. The van der Waals surface area contributed by atoms with Crippen molar-refractivity contribution < 1.29 is 24.2 Å². The number of rotatable bonds is 2. The van der Waals surface area contributed by atoms with E-state index in [9.17, 15) is 14.7 Å². The van der Waals surface area contributed by atoms with Crippen LogP contribution in [0, 0.1) is 0 Å². The van der Waals surface area contributed by atoms with Crippen LogP contribution in [0.3, 0.4) is 0 Å². The van der Waals surface area contributed by atoms with Crippen LogP contribution in [0.25, 0.3) is 6.08 Å². The molecule has 22 heavy (non-hydrogen) atoms. The number of phenolic OH excluding ortho intramolecular Hbond substituents is 1. The van der Waals surface area contributed by atoms with E-state index in [0.29, 0.717) is 16.9 Å². The molecule has 0 radical (unpaired) electrons. The Labute approximate surface area is 126 Å². The van der Waals surface area contributed by atoms with Gasteiger partial charge in [0.1, 0.15) is 11.5 Å². The van der Waals surface area contributed by atoms with Crippen LogP contribution in [-0.2, 0) is 4.74 Å². The third kappa shape index (κ3) is 2.33. The summed E-state index contributed by atoms with van der Waals surface area (Å²) in [5.41, 5.74) is 1.05. The minimum absolute atomic E-state index is 0.0533. The molecule has 0 saturated heterocycles. The van der Waals surface area contributed by atoms with Crippen LogP contribution in [0.5, 0.6) is 11.5 Å². The molecule has 1 N–H and O–H groups in total. The fourth-order valence-corrected chi connectivity index (χ4v) is 2.18. The molecule has 0 amide bonds. The third-order valence-electron chi connectivity index (χ3n) is 3.31. The smallest absolute Gasteiger partial charge is 0.337 e. The summed E-state index contributed by atoms with van der Waals surface area (Å²) in [6.45, 7) is 0. The summed E-state index contributed by atoms with van der Waals surface area (Å²) >= 11 is 0. The predicted molar refractivity (Wildman–Crippen MR) is 78.8 cm³/mol. The van der Waals surface area contributed by atoms with Gasteiger partial charge in [0.2, 0.25) is 5.78 Å². The van der Waals surface area contributed by atoms with E-state index >= 15 is 0 Å². The number of Topliss-reactive ketones (excluding diaryl/α,β-unsaturated/α-hetero) is 1. The quantitative estimate of drug-likeness (QED) is 0.681. The number of esters is 1. The Kier molecular flexibility index (Phi) is 3.39. The van der Waals surface area contributed by atoms with Crippen molar-refractivity contribution >= 4 is 17.8 Å². The molecule has 0 spiro atoms. The average molecular weight is 296 g/mol. The molecule has 0 saturated carbocycles. The average Bonchev–Trinajstić information content (AvgIpc) is 2.84. The number of allylic oxidation sites excluding steroid dienone is 1. The molecule has 0 fully saturated rings. The summed E-state index contributed by atoms with van der Waals surface area (Å²) in [6, 6.07) is 11.1. The summed E-state index contributed by atoms with van der Waals surface area (Å²) in [5, 5.41) is 9.75. The molecule has 2 aromatic rings. The molecular formula is C17H12O5. The number of fused-ring (bicyclic) bond motifs is 1. The number of benzene rings is 2. The molecule has 110 valence electrons. The molecule has 5 heteroatoms. The van der Waals surface area contributed by atoms with E-state index in [0.717, 1.165) is 0 Å². The van der Waals surface area contributed by atoms with E-state index in [-0.39, 0.29) is 22.9 Å². The van der Waals surface area contributed by atoms with Crippen molar-refractivity contribution in [2.24, 2.45) is 0 Å². The van der Waals surface area contributed by atoms with Gasteiger partial charge in [0, 0.05) is 5.56 Å². The number of para-hydroxylation sites is 1. The second-order valence-electron chi connectivity index (χ2n) is 4.70. The summed E-state index contributed by atoms with van der Waals surface area (Å²) < 4.78 is 10.1. The second kappa shape index (κ2) is 5.37. The minimum Gasteiger partial charge on any atom is -0.507 e. The summed E-state index contributed by atoms with van der Waals surface area (Å²) in [5.74, 6) is -0.340. The van der Waals surface area contributed by atoms with Gasteiger partial charge in [-0.15, -0.1) is 0 Å². The van der Waals surface area contributed by atoms with Gasteiger partial charge in [-0.3, -0.25) is 4.79 Å². The highest BCUT2D eigenvalue weighted by Crippen LogP contribution is 2.33. The number of hydrogen-bond donors (Lipinski definition) is 1. The SMILES string of the molecule is COC(=O)c1ccc2c(c1)C(=O)C(=Cc1ccccc1O)O2. The van der Waals surface area contributed by atoms with Gasteiger partial charge >= 0.3 is 5.97 Å². The van der Waals surface area contributed by atoms with E-state index in [1.165, 1.54) is 31.4 Å². The van der Waals surface area contributed by atoms with Crippen LogP contribution >= 0.6 is 0 Å². The van der Waals surface area contributed by atoms with E-state index in [1.807, 2.05) is 0 Å². The van der Waals surface area contributed by atoms with Crippen LogP contribution in [0.4, 0.5) is 0 Å². The first kappa shape index (κ1) is 13.9. The summed E-state index contributed by atoms with van der Waals surface area (Å²) in [7, 11) is 1.28. The number of carbonyl (C=O) groups is 2. The van der Waals surface area contributed by atoms with Crippen LogP contribution in [0.1, 0.15) is 26.3 Å². The predicted octanol–water partition coefficient (Wildman–Crippen LogP) is 2.80. The van der Waals surface area contributed by atoms with E-state index in [1.54, 1.807) is 24.3 Å². The molecule has 3 rings (SSSR count). The second-order valence-corrected chi connectivity index (χ2v) is 4.70. The summed E-state index contributed by atoms with van der Waals surface area (Å²) in [6.07, 6.45) is 1.47. The van der Waals surface area contributed by atoms with Gasteiger partial charge in [-0.2, -0.15) is 0 Å². The Morgan fingerprint density at radius 1 is 1.23 bits per heavy atom. The van der Waals surface area contributed by atoms with Gasteiger partial charge < -0.3 is 14.6 Å². The van der Waals surface area contributed by atoms with E-state index in [4.69, 9.17) is 4.74 Å². The normalized spacial score (nSPS) is 14.6. The van der Waals surface area contributed by atoms with Gasteiger partial charge in [0.15, 0.2) is 5.76 Å². The molecule has 0 unspecified atom stereocenters. The summed E-state index contributed by atoms with van der Waals surface area (Å²) in [4.78, 5) is 23.9. The van der Waals surface area contributed by atoms with Gasteiger partial charge in [-0.25, -0.2) is 4.79 Å². The topological polar surface area (TPSA) is 72.8 Å². The van der Waals surface area contributed by atoms with Crippen molar-refractivity contribution in [3.8, 4) is 11.5 Å². The number of ether oxygens (including phenoxy) is 2. The van der Waals surface area contributed by atoms with Crippen molar-refractivity contribution in [1.29, 1.82) is 0 Å². The molecule has 0 atom stereocenters. The van der Waals surface area contributed by atoms with E-state index in [2.05, 4.69) is 4.74 Å². The number of phenols is 1. The standard InChI is InChI=1S/C17H12O5/c1-21-17(20)11-6-7-14-12(8-11)16(19)15(22-14)9-10-4-2-3-5-13(10)18/h2-9,18H,1H3. The molecule has 0 bridgehead atoms. The Balaban J connectivity index is 1.98. The Bertz CT molecular complexity index is 804. The molecule has 0 aliphatic carbocycles. The van der Waals surface area contributed by atoms with Gasteiger partial charge in [0.25, 0.3) is 0 Å². The molecule has 2 aromatic carbocycles. The van der Waals surface area contributed by atoms with Crippen molar-refractivity contribution in [1.82, 2.24) is 0 Å². The first-order valence-electron chi connectivity index (χ1n) is 6.55. The number of methoxy groups -OCH3 is 1. The van der Waals surface area contributed by atoms with Crippen molar-refractivity contribution in [3.63, 3.8) is 0 Å². The lowest BCUT2D eigenvalue weighted by Crippen LogP contribution is -2.02. The maximum absolute atomic E-state index is 12.3. The molecule has 0 aromatic heterocycles. The Morgan fingerprint density at radius 3 is 2.73 bits per heavy atom. The number of carbonyl (C=O) groups excluding carboxylic acids is 2. The Hall–Kier alpha value is -3.08. The molecule has 1 aliphatic rings. The van der Waals surface area contributed by atoms with Gasteiger partial charge in [-0.1, -0.05) is 18.2 Å². The van der Waals surface area contributed by atoms with Crippen LogP contribution in [0.15, 0.2) is 48.2 Å². The number of aromatic hydroxyl groups is 1. The zero-order chi connectivity index (χ0) is 15.7. The zero-order valence-corrected chi connectivity index (χ0v) is 11.7. The van der Waals surface area contributed by atoms with Crippen molar-refractivity contribution in [3.05, 3.63) is 64.9 Å². The zero-order valence-electron chi connectivity index (χ0n) is 11.7. The third-order valence-corrected chi connectivity index (χ3v) is 3.31. The molecule has 1 aliphatic heterocycles. The highest BCUT2D eigenvalue weighted by Gasteiger charge is 2.28. The van der Waals surface area contributed by atoms with Crippen LogP contribution in [-0.4, -0.2) is 24.0 Å².